The Morgan fingerprint density at radius 1 is 1.28 bits per heavy atom. The van der Waals surface area contributed by atoms with Gasteiger partial charge in [0, 0.05) is 24.2 Å². The number of hydrogen-bond acceptors (Lipinski definition) is 7. The number of nitrogen functional groups attached to an aromatic ring is 1. The van der Waals surface area contributed by atoms with Gasteiger partial charge in [0.15, 0.2) is 5.82 Å². The number of methoxy groups -OCH3 is 1. The summed E-state index contributed by atoms with van der Waals surface area (Å²) in [5, 5.41) is 6.37. The fraction of sp³-hybridized carbons (Fsp3) is 0.409. The molecule has 2 atom stereocenters. The fourth-order valence-electron chi connectivity index (χ4n) is 4.05. The van der Waals surface area contributed by atoms with Crippen LogP contribution in [0.25, 0.3) is 16.8 Å². The molecule has 2 amide bonds. The van der Waals surface area contributed by atoms with E-state index < -0.39 is 48.3 Å². The van der Waals surface area contributed by atoms with Crippen LogP contribution in [0.4, 0.5) is 23.4 Å². The van der Waals surface area contributed by atoms with Crippen molar-refractivity contribution in [2.45, 2.75) is 32.2 Å². The van der Waals surface area contributed by atoms with Gasteiger partial charge in [-0.3, -0.25) is 9.59 Å². The van der Waals surface area contributed by atoms with Crippen molar-refractivity contribution in [3.05, 3.63) is 35.8 Å². The maximum Gasteiger partial charge on any atom is 0.418 e. The molecule has 1 aliphatic heterocycles. The molecule has 0 spiro atoms. The van der Waals surface area contributed by atoms with Crippen LogP contribution in [0.3, 0.4) is 0 Å². The molecular formula is C22H23F4N7O3. The molecule has 0 bridgehead atoms. The number of pyridine rings is 1. The Balaban J connectivity index is 1.71. The molecule has 0 aliphatic carbocycles. The Labute approximate surface area is 203 Å². The van der Waals surface area contributed by atoms with Gasteiger partial charge in [-0.15, -0.1) is 0 Å². The first-order valence-corrected chi connectivity index (χ1v) is 10.8. The number of ether oxygens (including phenoxy) is 1. The monoisotopic (exact) mass is 510 g/mol. The highest BCUT2D eigenvalue weighted by Gasteiger charge is 2.38. The second-order valence-corrected chi connectivity index (χ2v) is 8.56. The number of carbonyl (C=O) groups excluding carboxylic acids is 2. The van der Waals surface area contributed by atoms with Crippen molar-refractivity contribution >= 4 is 23.1 Å². The number of carbonyl (C=O) groups is 2. The van der Waals surface area contributed by atoms with E-state index in [2.05, 4.69) is 20.4 Å². The number of halogens is 4. The minimum atomic E-state index is -4.78. The normalized spacial score (nSPS) is 18.5. The van der Waals surface area contributed by atoms with Crippen LogP contribution >= 0.6 is 0 Å². The van der Waals surface area contributed by atoms with Crippen LogP contribution in [-0.4, -0.2) is 68.7 Å². The van der Waals surface area contributed by atoms with E-state index in [-0.39, 0.29) is 47.6 Å². The highest BCUT2D eigenvalue weighted by atomic mass is 19.4. The van der Waals surface area contributed by atoms with Crippen molar-refractivity contribution in [2.75, 3.05) is 25.9 Å². The Kier molecular flexibility index (Phi) is 6.10. The zero-order chi connectivity index (χ0) is 27.1. The van der Waals surface area contributed by atoms with Gasteiger partial charge in [-0.25, -0.2) is 18.9 Å². The standard InChI is InChI=1S/C22H23F4N7O3/c1-10(2)21(35)32-7-14(23)15(8-32)31-19(34)12-4-11(6-28-20(12)36-3)16-5-13(22(24,25)26)17-18(27)29-9-30-33(16)17/h4-6,9-10,14-15H,7-8H2,1-3H3,(H,31,34)(H2,27,29,30)/t14-,15+/m0/s1/i3D. The Morgan fingerprint density at radius 2 is 2.03 bits per heavy atom. The number of rotatable bonds is 5. The number of nitrogens with two attached hydrogens (primary N) is 1. The number of anilines is 1. The molecule has 0 aromatic carbocycles. The van der Waals surface area contributed by atoms with Gasteiger partial charge < -0.3 is 20.7 Å². The summed E-state index contributed by atoms with van der Waals surface area (Å²) in [4.78, 5) is 34.3. The lowest BCUT2D eigenvalue weighted by Crippen LogP contribution is -2.42. The van der Waals surface area contributed by atoms with Crippen LogP contribution < -0.4 is 15.8 Å². The predicted molar refractivity (Wildman–Crippen MR) is 120 cm³/mol. The zero-order valence-corrected chi connectivity index (χ0v) is 19.2. The third-order valence-corrected chi connectivity index (χ3v) is 5.79. The summed E-state index contributed by atoms with van der Waals surface area (Å²) in [6.07, 6.45) is -4.18. The molecule has 1 saturated heterocycles. The van der Waals surface area contributed by atoms with E-state index in [1.165, 1.54) is 11.0 Å². The van der Waals surface area contributed by atoms with E-state index in [9.17, 15) is 27.2 Å². The van der Waals surface area contributed by atoms with Gasteiger partial charge in [0.25, 0.3) is 5.91 Å². The minimum absolute atomic E-state index is 0.0471. The van der Waals surface area contributed by atoms with Gasteiger partial charge in [-0.1, -0.05) is 13.8 Å². The van der Waals surface area contributed by atoms with Gasteiger partial charge in [0.1, 0.15) is 23.6 Å². The number of likely N-dealkylation sites (tertiary alicyclic amines) is 1. The average molecular weight is 510 g/mol. The van der Waals surface area contributed by atoms with Crippen LogP contribution in [0.1, 0.15) is 31.1 Å². The van der Waals surface area contributed by atoms with Crippen molar-refractivity contribution in [1.82, 2.24) is 29.8 Å². The van der Waals surface area contributed by atoms with E-state index in [1.54, 1.807) is 13.8 Å². The Hall–Kier alpha value is -3.97. The van der Waals surface area contributed by atoms with E-state index in [0.717, 1.165) is 23.1 Å². The van der Waals surface area contributed by atoms with Crippen molar-refractivity contribution in [3.63, 3.8) is 0 Å². The predicted octanol–water partition coefficient (Wildman–Crippen LogP) is 2.34. The van der Waals surface area contributed by atoms with Crippen LogP contribution in [-0.2, 0) is 11.0 Å². The first-order valence-electron chi connectivity index (χ1n) is 11.5. The molecule has 0 unspecified atom stereocenters. The van der Waals surface area contributed by atoms with Gasteiger partial charge in [-0.2, -0.15) is 18.3 Å². The molecule has 0 radical (unpaired) electrons. The smallest absolute Gasteiger partial charge is 0.418 e. The first kappa shape index (κ1) is 23.8. The van der Waals surface area contributed by atoms with Gasteiger partial charge in [0.2, 0.25) is 11.8 Å². The molecule has 10 nitrogen and oxygen atoms in total. The van der Waals surface area contributed by atoms with Crippen LogP contribution in [0.5, 0.6) is 5.88 Å². The van der Waals surface area contributed by atoms with Crippen molar-refractivity contribution in [1.29, 1.82) is 0 Å². The second-order valence-electron chi connectivity index (χ2n) is 8.56. The average Bonchev–Trinajstić information content (AvgIpc) is 3.40. The lowest BCUT2D eigenvalue weighted by Gasteiger charge is -2.19. The summed E-state index contributed by atoms with van der Waals surface area (Å²) in [7, 11) is -0.603. The Morgan fingerprint density at radius 3 is 2.69 bits per heavy atom. The number of alkyl halides is 4. The molecule has 3 aromatic heterocycles. The van der Waals surface area contributed by atoms with E-state index in [1.807, 2.05) is 0 Å². The molecule has 1 aliphatic rings. The Bertz CT molecular complexity index is 1350. The van der Waals surface area contributed by atoms with Crippen LogP contribution in [0.2, 0.25) is 0 Å². The third-order valence-electron chi connectivity index (χ3n) is 5.79. The van der Waals surface area contributed by atoms with Crippen molar-refractivity contribution in [3.8, 4) is 17.1 Å². The summed E-state index contributed by atoms with van der Waals surface area (Å²) in [5.74, 6) is -2.12. The second kappa shape index (κ2) is 9.24. The highest BCUT2D eigenvalue weighted by Crippen LogP contribution is 2.39. The van der Waals surface area contributed by atoms with Gasteiger partial charge in [-0.05, 0) is 12.1 Å². The lowest BCUT2D eigenvalue weighted by atomic mass is 10.1. The van der Waals surface area contributed by atoms with Crippen LogP contribution in [0.15, 0.2) is 24.7 Å². The maximum atomic E-state index is 14.6. The minimum Gasteiger partial charge on any atom is -0.480 e. The molecule has 4 rings (SSSR count). The highest BCUT2D eigenvalue weighted by molar-refractivity contribution is 5.98. The van der Waals surface area contributed by atoms with E-state index >= 15 is 0 Å². The number of aromatic nitrogens is 4. The summed E-state index contributed by atoms with van der Waals surface area (Å²) >= 11 is 0. The summed E-state index contributed by atoms with van der Waals surface area (Å²) in [6, 6.07) is 0.974. The first-order chi connectivity index (χ1) is 17.4. The number of nitrogens with zero attached hydrogens (tertiary/aromatic N) is 5. The van der Waals surface area contributed by atoms with E-state index in [0.29, 0.717) is 0 Å². The molecule has 3 aromatic rings. The third kappa shape index (κ3) is 4.50. The zero-order valence-electron chi connectivity index (χ0n) is 20.2. The molecule has 0 saturated carbocycles. The molecule has 3 N–H and O–H groups in total. The lowest BCUT2D eigenvalue weighted by molar-refractivity contribution is -0.136. The number of fused-ring (bicyclic) bond motifs is 1. The van der Waals surface area contributed by atoms with Crippen molar-refractivity contribution in [2.24, 2.45) is 5.92 Å². The topological polar surface area (TPSA) is 128 Å². The largest absolute Gasteiger partial charge is 0.480 e. The van der Waals surface area contributed by atoms with Gasteiger partial charge >= 0.3 is 6.18 Å². The summed E-state index contributed by atoms with van der Waals surface area (Å²) < 4.78 is 69.1. The molecular weight excluding hydrogens is 486 g/mol. The van der Waals surface area contributed by atoms with Crippen LogP contribution in [0, 0.1) is 5.92 Å². The molecule has 1 fully saturated rings. The molecule has 36 heavy (non-hydrogen) atoms. The molecule has 14 heteroatoms. The molecule has 4 heterocycles. The quantitative estimate of drug-likeness (QED) is 0.505. The molecule has 192 valence electrons. The fourth-order valence-corrected chi connectivity index (χ4v) is 4.05. The maximum absolute atomic E-state index is 14.6. The SMILES string of the molecule is [2H]COc1ncc(-c2cc(C(F)(F)F)c3c(N)ncnn23)cc1C(=O)N[C@@H]1CN(C(=O)C(C)C)C[C@@H]1F. The number of amides is 2. The number of hydrogen-bond donors (Lipinski definition) is 2. The van der Waals surface area contributed by atoms with Gasteiger partial charge in [0.05, 0.1) is 32.3 Å². The summed E-state index contributed by atoms with van der Waals surface area (Å²) in [6.45, 7) is 3.11. The van der Waals surface area contributed by atoms with Crippen molar-refractivity contribution < 1.29 is 33.3 Å². The number of nitrogens with one attached hydrogen (secondary N) is 1. The van der Waals surface area contributed by atoms with E-state index in [4.69, 9.17) is 11.8 Å². The summed E-state index contributed by atoms with van der Waals surface area (Å²) in [5.41, 5.74) is 3.85.